The Morgan fingerprint density at radius 2 is 2.09 bits per heavy atom. The molecule has 11 heavy (non-hydrogen) atoms. The molecule has 4 N–H and O–H groups in total. The van der Waals surface area contributed by atoms with Gasteiger partial charge in [-0.2, -0.15) is 0 Å². The van der Waals surface area contributed by atoms with E-state index in [-0.39, 0.29) is 0 Å². The number of rotatable bonds is 0. The lowest BCUT2D eigenvalue weighted by atomic mass is 10.3. The molecule has 0 aromatic carbocycles. The van der Waals surface area contributed by atoms with Crippen molar-refractivity contribution in [2.75, 3.05) is 11.5 Å². The van der Waals surface area contributed by atoms with E-state index in [0.29, 0.717) is 11.5 Å². The summed E-state index contributed by atoms with van der Waals surface area (Å²) in [6.45, 7) is 0. The summed E-state index contributed by atoms with van der Waals surface area (Å²) in [5, 5.41) is 3.98. The summed E-state index contributed by atoms with van der Waals surface area (Å²) in [6.07, 6.45) is 1.81. The first-order valence-electron chi connectivity index (χ1n) is 3.27. The highest BCUT2D eigenvalue weighted by molar-refractivity contribution is 5.79. The van der Waals surface area contributed by atoms with Crippen molar-refractivity contribution in [1.29, 1.82) is 0 Å². The number of fused-ring (bicyclic) bond motifs is 1. The van der Waals surface area contributed by atoms with Gasteiger partial charge in [0.05, 0.1) is 5.52 Å². The third-order valence-electron chi connectivity index (χ3n) is 1.61. The van der Waals surface area contributed by atoms with E-state index in [1.54, 1.807) is 4.52 Å². The quantitative estimate of drug-likeness (QED) is 0.571. The van der Waals surface area contributed by atoms with Crippen molar-refractivity contribution in [2.24, 2.45) is 0 Å². The fraction of sp³-hybridized carbons (Fsp3) is 0. The van der Waals surface area contributed by atoms with Crippen LogP contribution < -0.4 is 11.5 Å². The molecule has 2 heterocycles. The van der Waals surface area contributed by atoms with Crippen LogP contribution in [-0.2, 0) is 0 Å². The van der Waals surface area contributed by atoms with E-state index in [1.807, 2.05) is 24.4 Å². The Bertz CT molecular complexity index is 390. The predicted octanol–water partition coefficient (Wildman–Crippen LogP) is 0.499. The van der Waals surface area contributed by atoms with Crippen molar-refractivity contribution in [2.45, 2.75) is 0 Å². The van der Waals surface area contributed by atoms with E-state index >= 15 is 0 Å². The summed E-state index contributed by atoms with van der Waals surface area (Å²) in [5.41, 5.74) is 12.5. The largest absolute Gasteiger partial charge is 0.394 e. The van der Waals surface area contributed by atoms with Crippen molar-refractivity contribution < 1.29 is 0 Å². The summed E-state index contributed by atoms with van der Waals surface area (Å²) in [6, 6.07) is 5.64. The summed E-state index contributed by atoms with van der Waals surface area (Å²) in [4.78, 5) is 0. The van der Waals surface area contributed by atoms with Crippen LogP contribution in [0.15, 0.2) is 24.4 Å². The van der Waals surface area contributed by atoms with Crippen LogP contribution in [0.1, 0.15) is 0 Å². The SMILES string of the molecule is Nc1nn2ccccc2c1N. The second-order valence-electron chi connectivity index (χ2n) is 2.33. The van der Waals surface area contributed by atoms with Gasteiger partial charge in [0.15, 0.2) is 5.82 Å². The smallest absolute Gasteiger partial charge is 0.169 e. The molecular formula is C7H8N4. The standard InChI is InChI=1S/C7H8N4/c8-6-5-3-1-2-4-11(5)10-7(6)9/h1-4H,8H2,(H2,9,10). The van der Waals surface area contributed by atoms with Gasteiger partial charge in [-0.1, -0.05) is 6.07 Å². The third-order valence-corrected chi connectivity index (χ3v) is 1.61. The number of aromatic nitrogens is 2. The highest BCUT2D eigenvalue weighted by atomic mass is 15.3. The molecule has 0 spiro atoms. The molecule has 0 fully saturated rings. The molecule has 4 nitrogen and oxygen atoms in total. The zero-order chi connectivity index (χ0) is 7.84. The van der Waals surface area contributed by atoms with Gasteiger partial charge in [0, 0.05) is 6.20 Å². The molecular weight excluding hydrogens is 140 g/mol. The maximum absolute atomic E-state index is 5.63. The molecule has 4 heteroatoms. The topological polar surface area (TPSA) is 69.3 Å². The van der Waals surface area contributed by atoms with Crippen molar-refractivity contribution in [3.05, 3.63) is 24.4 Å². The Balaban J connectivity index is 2.92. The second kappa shape index (κ2) is 1.88. The number of nitrogens with zero attached hydrogens (tertiary/aromatic N) is 2. The highest BCUT2D eigenvalue weighted by Gasteiger charge is 2.03. The molecule has 0 unspecified atom stereocenters. The van der Waals surface area contributed by atoms with Crippen LogP contribution in [0.2, 0.25) is 0 Å². The average molecular weight is 148 g/mol. The summed E-state index contributed by atoms with van der Waals surface area (Å²) >= 11 is 0. The van der Waals surface area contributed by atoms with E-state index < -0.39 is 0 Å². The van der Waals surface area contributed by atoms with Gasteiger partial charge in [-0.3, -0.25) is 0 Å². The fourth-order valence-corrected chi connectivity index (χ4v) is 1.04. The molecule has 0 atom stereocenters. The molecule has 0 aliphatic rings. The summed E-state index contributed by atoms with van der Waals surface area (Å²) < 4.78 is 1.66. The average Bonchev–Trinajstić information content (AvgIpc) is 2.30. The van der Waals surface area contributed by atoms with Crippen LogP contribution in [0.3, 0.4) is 0 Å². The van der Waals surface area contributed by atoms with Crippen LogP contribution >= 0.6 is 0 Å². The van der Waals surface area contributed by atoms with Crippen molar-refractivity contribution in [1.82, 2.24) is 9.61 Å². The number of nitrogens with two attached hydrogens (primary N) is 2. The van der Waals surface area contributed by atoms with Gasteiger partial charge in [-0.05, 0) is 12.1 Å². The lowest BCUT2D eigenvalue weighted by molar-refractivity contribution is 0.968. The maximum Gasteiger partial charge on any atom is 0.169 e. The number of anilines is 2. The lowest BCUT2D eigenvalue weighted by Crippen LogP contribution is -1.90. The van der Waals surface area contributed by atoms with E-state index in [1.165, 1.54) is 0 Å². The highest BCUT2D eigenvalue weighted by Crippen LogP contribution is 2.18. The minimum absolute atomic E-state index is 0.385. The van der Waals surface area contributed by atoms with Gasteiger partial charge in [0.2, 0.25) is 0 Å². The number of nitrogen functional groups attached to an aromatic ring is 2. The van der Waals surface area contributed by atoms with Gasteiger partial charge in [0.25, 0.3) is 0 Å². The first-order valence-corrected chi connectivity index (χ1v) is 3.27. The minimum atomic E-state index is 0.385. The molecule has 2 aromatic rings. The van der Waals surface area contributed by atoms with Crippen LogP contribution in [0.5, 0.6) is 0 Å². The van der Waals surface area contributed by atoms with E-state index in [9.17, 15) is 0 Å². The summed E-state index contributed by atoms with van der Waals surface area (Å²) in [5.74, 6) is 0.385. The van der Waals surface area contributed by atoms with Gasteiger partial charge in [-0.15, -0.1) is 5.10 Å². The lowest BCUT2D eigenvalue weighted by Gasteiger charge is -1.89. The van der Waals surface area contributed by atoms with Crippen LogP contribution in [0.4, 0.5) is 11.5 Å². The fourth-order valence-electron chi connectivity index (χ4n) is 1.04. The monoisotopic (exact) mass is 148 g/mol. The molecule has 0 bridgehead atoms. The molecule has 0 aliphatic heterocycles. The Kier molecular flexibility index (Phi) is 1.03. The van der Waals surface area contributed by atoms with E-state index in [0.717, 1.165) is 5.52 Å². The Morgan fingerprint density at radius 1 is 1.27 bits per heavy atom. The Hall–Kier alpha value is -1.71. The zero-order valence-electron chi connectivity index (χ0n) is 5.86. The number of pyridine rings is 1. The summed E-state index contributed by atoms with van der Waals surface area (Å²) in [7, 11) is 0. The normalized spacial score (nSPS) is 10.5. The molecule has 2 aromatic heterocycles. The van der Waals surface area contributed by atoms with Crippen LogP contribution in [0, 0.1) is 0 Å². The van der Waals surface area contributed by atoms with Gasteiger partial charge < -0.3 is 11.5 Å². The molecule has 0 saturated heterocycles. The second-order valence-corrected chi connectivity index (χ2v) is 2.33. The molecule has 0 amide bonds. The van der Waals surface area contributed by atoms with E-state index in [2.05, 4.69) is 5.10 Å². The molecule has 2 rings (SSSR count). The Morgan fingerprint density at radius 3 is 2.82 bits per heavy atom. The first-order chi connectivity index (χ1) is 5.29. The first kappa shape index (κ1) is 6.03. The molecule has 0 aliphatic carbocycles. The van der Waals surface area contributed by atoms with Gasteiger partial charge >= 0.3 is 0 Å². The number of hydrogen-bond acceptors (Lipinski definition) is 3. The van der Waals surface area contributed by atoms with Gasteiger partial charge in [0.1, 0.15) is 5.69 Å². The van der Waals surface area contributed by atoms with E-state index in [4.69, 9.17) is 11.5 Å². The van der Waals surface area contributed by atoms with Crippen LogP contribution in [-0.4, -0.2) is 9.61 Å². The molecule has 0 saturated carbocycles. The number of hydrogen-bond donors (Lipinski definition) is 2. The Labute approximate surface area is 63.4 Å². The third kappa shape index (κ3) is 0.724. The van der Waals surface area contributed by atoms with Crippen molar-refractivity contribution in [3.8, 4) is 0 Å². The van der Waals surface area contributed by atoms with Gasteiger partial charge in [-0.25, -0.2) is 4.52 Å². The van der Waals surface area contributed by atoms with Crippen LogP contribution in [0.25, 0.3) is 5.52 Å². The molecule has 56 valence electrons. The minimum Gasteiger partial charge on any atom is -0.394 e. The van der Waals surface area contributed by atoms with Crippen molar-refractivity contribution in [3.63, 3.8) is 0 Å². The zero-order valence-corrected chi connectivity index (χ0v) is 5.86. The molecule has 0 radical (unpaired) electrons. The maximum atomic E-state index is 5.63. The van der Waals surface area contributed by atoms with Crippen molar-refractivity contribution >= 4 is 17.0 Å². The predicted molar refractivity (Wildman–Crippen MR) is 44.0 cm³/mol.